The second kappa shape index (κ2) is 9.40. The van der Waals surface area contributed by atoms with Crippen LogP contribution in [0.3, 0.4) is 0 Å². The summed E-state index contributed by atoms with van der Waals surface area (Å²) in [4.78, 5) is 0.274. The van der Waals surface area contributed by atoms with Gasteiger partial charge in [0.15, 0.2) is 0 Å². The zero-order valence-electron chi connectivity index (χ0n) is 18.8. The summed E-state index contributed by atoms with van der Waals surface area (Å²) in [6, 6.07) is 14.9. The van der Waals surface area contributed by atoms with Crippen LogP contribution in [-0.4, -0.2) is 41.4 Å². The Morgan fingerprint density at radius 2 is 1.68 bits per heavy atom. The smallest absolute Gasteiger partial charge is 0.240 e. The van der Waals surface area contributed by atoms with E-state index in [-0.39, 0.29) is 21.7 Å². The van der Waals surface area contributed by atoms with Crippen LogP contribution in [0.2, 0.25) is 0 Å². The van der Waals surface area contributed by atoms with Crippen molar-refractivity contribution in [1.82, 2.24) is 9.03 Å². The van der Waals surface area contributed by atoms with Gasteiger partial charge < -0.3 is 4.74 Å². The molecular weight excluding hydrogens is 432 g/mol. The van der Waals surface area contributed by atoms with Crippen molar-refractivity contribution in [1.29, 1.82) is 0 Å². The molecule has 1 saturated heterocycles. The monoisotopic (exact) mass is 464 g/mol. The van der Waals surface area contributed by atoms with Crippen LogP contribution in [0.4, 0.5) is 0 Å². The van der Waals surface area contributed by atoms with Crippen molar-refractivity contribution in [3.63, 3.8) is 0 Å². The van der Waals surface area contributed by atoms with Gasteiger partial charge in [0.1, 0.15) is 16.7 Å². The normalized spacial score (nSPS) is 22.2. The van der Waals surface area contributed by atoms with E-state index in [9.17, 15) is 12.6 Å². The first-order valence-corrected chi connectivity index (χ1v) is 13.0. The van der Waals surface area contributed by atoms with Crippen LogP contribution in [0, 0.1) is 6.92 Å². The van der Waals surface area contributed by atoms with E-state index in [2.05, 4.69) is 4.72 Å². The summed E-state index contributed by atoms with van der Waals surface area (Å²) in [5, 5.41) is 0. The maximum atomic E-state index is 13.0. The molecule has 2 aromatic carbocycles. The largest absolute Gasteiger partial charge is 0.497 e. The Morgan fingerprint density at radius 1 is 1.06 bits per heavy atom. The molecule has 0 aromatic heterocycles. The molecule has 31 heavy (non-hydrogen) atoms. The second-order valence-electron chi connectivity index (χ2n) is 8.86. The number of benzene rings is 2. The lowest BCUT2D eigenvalue weighted by Gasteiger charge is -2.19. The van der Waals surface area contributed by atoms with E-state index in [1.165, 1.54) is 0 Å². The summed E-state index contributed by atoms with van der Waals surface area (Å²) >= 11 is 0. The predicted molar refractivity (Wildman–Crippen MR) is 125 cm³/mol. The number of hydrogen-bond donors (Lipinski definition) is 1. The van der Waals surface area contributed by atoms with Gasteiger partial charge in [0.05, 0.1) is 22.8 Å². The molecule has 6 nitrogen and oxygen atoms in total. The Morgan fingerprint density at radius 3 is 2.23 bits per heavy atom. The number of hydrogen-bond acceptors (Lipinski definition) is 4. The van der Waals surface area contributed by atoms with E-state index in [1.54, 1.807) is 31.4 Å². The molecule has 0 bridgehead atoms. The molecule has 0 aliphatic carbocycles. The zero-order chi connectivity index (χ0) is 22.8. The van der Waals surface area contributed by atoms with Crippen LogP contribution in [0.5, 0.6) is 5.75 Å². The van der Waals surface area contributed by atoms with Crippen molar-refractivity contribution in [3.05, 3.63) is 59.7 Å². The fraction of sp³-hybridized carbons (Fsp3) is 0.478. The molecule has 1 aliphatic heterocycles. The fourth-order valence-electron chi connectivity index (χ4n) is 3.57. The molecule has 170 valence electrons. The van der Waals surface area contributed by atoms with Crippen molar-refractivity contribution in [2.75, 3.05) is 13.7 Å². The summed E-state index contributed by atoms with van der Waals surface area (Å²) in [6.07, 6.45) is 1.43. The molecule has 0 spiro atoms. The average Bonchev–Trinajstić information content (AvgIpc) is 3.44. The molecule has 3 rings (SSSR count). The van der Waals surface area contributed by atoms with E-state index in [0.29, 0.717) is 13.0 Å². The van der Waals surface area contributed by atoms with Gasteiger partial charge in [-0.15, -0.1) is 0 Å². The Bertz CT molecular complexity index is 1010. The van der Waals surface area contributed by atoms with E-state index in [4.69, 9.17) is 4.74 Å². The predicted octanol–water partition coefficient (Wildman–Crippen LogP) is 3.95. The number of sulfonamides is 1. The Hall–Kier alpha value is -1.74. The van der Waals surface area contributed by atoms with Crippen molar-refractivity contribution in [2.45, 2.75) is 62.3 Å². The molecule has 2 unspecified atom stereocenters. The summed E-state index contributed by atoms with van der Waals surface area (Å²) in [5.41, 5.74) is 2.12. The fourth-order valence-corrected chi connectivity index (χ4v) is 6.16. The highest BCUT2D eigenvalue weighted by Crippen LogP contribution is 2.49. The highest BCUT2D eigenvalue weighted by molar-refractivity contribution is 7.89. The molecule has 1 aliphatic rings. The SMILES string of the molecule is COc1ccc([C@H]2[C@H](CCCNS(=O)(=O)c3ccc(C)cc3)N2S(=O)C(C)(C)C)cc1. The van der Waals surface area contributed by atoms with Gasteiger partial charge in [-0.3, -0.25) is 0 Å². The second-order valence-corrected chi connectivity index (χ2v) is 12.8. The summed E-state index contributed by atoms with van der Waals surface area (Å²) in [7, 11) is -3.02. The van der Waals surface area contributed by atoms with E-state index in [0.717, 1.165) is 23.3 Å². The number of aryl methyl sites for hydroxylation is 1. The Balaban J connectivity index is 1.62. The molecule has 4 atom stereocenters. The first kappa shape index (κ1) is 23.9. The van der Waals surface area contributed by atoms with Crippen LogP contribution in [0.1, 0.15) is 50.8 Å². The van der Waals surface area contributed by atoms with Gasteiger partial charge in [0.2, 0.25) is 10.0 Å². The Kier molecular flexibility index (Phi) is 7.25. The lowest BCUT2D eigenvalue weighted by Crippen LogP contribution is -2.28. The maximum Gasteiger partial charge on any atom is 0.240 e. The van der Waals surface area contributed by atoms with Gasteiger partial charge in [-0.2, -0.15) is 0 Å². The van der Waals surface area contributed by atoms with Crippen LogP contribution in [0.15, 0.2) is 53.4 Å². The van der Waals surface area contributed by atoms with E-state index < -0.39 is 21.0 Å². The molecule has 0 amide bonds. The minimum Gasteiger partial charge on any atom is -0.497 e. The number of methoxy groups -OCH3 is 1. The summed E-state index contributed by atoms with van der Waals surface area (Å²) in [5.74, 6) is 0.787. The number of nitrogens with zero attached hydrogens (tertiary/aromatic N) is 1. The minimum absolute atomic E-state index is 0.0691. The zero-order valence-corrected chi connectivity index (χ0v) is 20.4. The third-order valence-corrected chi connectivity index (χ3v) is 8.75. The van der Waals surface area contributed by atoms with Crippen molar-refractivity contribution in [3.8, 4) is 5.75 Å². The van der Waals surface area contributed by atoms with Crippen LogP contribution in [-0.2, 0) is 21.0 Å². The lowest BCUT2D eigenvalue weighted by molar-refractivity contribution is 0.414. The number of nitrogens with one attached hydrogen (secondary N) is 1. The van der Waals surface area contributed by atoms with Gasteiger partial charge in [-0.1, -0.05) is 29.8 Å². The lowest BCUT2D eigenvalue weighted by atomic mass is 10.1. The van der Waals surface area contributed by atoms with Gasteiger partial charge in [-0.25, -0.2) is 21.7 Å². The molecule has 8 heteroatoms. The first-order chi connectivity index (χ1) is 14.5. The molecule has 0 radical (unpaired) electrons. The van der Waals surface area contributed by atoms with Gasteiger partial charge in [0, 0.05) is 12.6 Å². The number of rotatable bonds is 9. The molecular formula is C23H32N2O4S2. The third kappa shape index (κ3) is 5.74. The quantitative estimate of drug-likeness (QED) is 0.450. The first-order valence-electron chi connectivity index (χ1n) is 10.5. The van der Waals surface area contributed by atoms with Crippen LogP contribution < -0.4 is 9.46 Å². The van der Waals surface area contributed by atoms with Crippen molar-refractivity contribution in [2.24, 2.45) is 0 Å². The Labute approximate surface area is 188 Å². The third-order valence-electron chi connectivity index (χ3n) is 5.35. The highest BCUT2D eigenvalue weighted by atomic mass is 32.2. The van der Waals surface area contributed by atoms with Crippen molar-refractivity contribution < 1.29 is 17.4 Å². The number of ether oxygens (including phenoxy) is 1. The van der Waals surface area contributed by atoms with Crippen molar-refractivity contribution >= 4 is 21.0 Å². The molecule has 1 N–H and O–H groups in total. The maximum absolute atomic E-state index is 13.0. The van der Waals surface area contributed by atoms with Gasteiger partial charge in [-0.05, 0) is 70.4 Å². The summed E-state index contributed by atoms with van der Waals surface area (Å²) < 4.78 is 47.6. The summed E-state index contributed by atoms with van der Waals surface area (Å²) in [6.45, 7) is 8.18. The van der Waals surface area contributed by atoms with Gasteiger partial charge >= 0.3 is 0 Å². The van der Waals surface area contributed by atoms with E-state index in [1.807, 2.05) is 56.3 Å². The molecule has 1 fully saturated rings. The molecule has 0 saturated carbocycles. The standard InChI is InChI=1S/C23H32N2O4S2/c1-17-8-14-20(15-9-17)31(27,28)24-16-6-7-21-22(25(21)30(26)23(2,3)4)18-10-12-19(29-5)13-11-18/h8-15,21-22,24H,6-7,16H2,1-5H3/t21-,22-,25?,30?/m0/s1. The highest BCUT2D eigenvalue weighted by Gasteiger charge is 2.53. The van der Waals surface area contributed by atoms with Crippen LogP contribution >= 0.6 is 0 Å². The van der Waals surface area contributed by atoms with Gasteiger partial charge in [0.25, 0.3) is 0 Å². The molecule has 1 heterocycles. The molecule has 2 aromatic rings. The topological polar surface area (TPSA) is 75.5 Å². The minimum atomic E-state index is -3.52. The van der Waals surface area contributed by atoms with E-state index >= 15 is 0 Å². The average molecular weight is 465 g/mol. The van der Waals surface area contributed by atoms with Crippen LogP contribution in [0.25, 0.3) is 0 Å².